The van der Waals surface area contributed by atoms with Gasteiger partial charge in [0.2, 0.25) is 0 Å². The van der Waals surface area contributed by atoms with Crippen molar-refractivity contribution < 1.29 is 14.3 Å². The third-order valence-corrected chi connectivity index (χ3v) is 3.24. The monoisotopic (exact) mass is 331 g/mol. The zero-order chi connectivity index (χ0) is 16.7. The number of carbonyl (C=O) groups excluding carboxylic acids is 1. The Morgan fingerprint density at radius 1 is 1.17 bits per heavy atom. The molecule has 0 fully saturated rings. The lowest BCUT2D eigenvalue weighted by Gasteiger charge is -2.15. The number of hydrogen-bond acceptors (Lipinski definition) is 3. The minimum absolute atomic E-state index is 0.236. The summed E-state index contributed by atoms with van der Waals surface area (Å²) in [5, 5.41) is 3.41. The smallest absolute Gasteiger partial charge is 0.265 e. The van der Waals surface area contributed by atoms with E-state index in [1.54, 1.807) is 61.5 Å². The van der Waals surface area contributed by atoms with Crippen LogP contribution in [0.15, 0.2) is 61.2 Å². The Hall–Kier alpha value is -2.46. The fourth-order valence-corrected chi connectivity index (χ4v) is 1.93. The minimum atomic E-state index is -0.632. The molecule has 1 atom stereocenters. The molecule has 0 aliphatic rings. The fraction of sp³-hybridized carbons (Fsp3) is 0.167. The van der Waals surface area contributed by atoms with Crippen LogP contribution in [0.2, 0.25) is 5.02 Å². The summed E-state index contributed by atoms with van der Waals surface area (Å²) in [5.74, 6) is 1.07. The van der Waals surface area contributed by atoms with Crippen LogP contribution >= 0.6 is 11.6 Å². The predicted octanol–water partition coefficient (Wildman–Crippen LogP) is 4.31. The summed E-state index contributed by atoms with van der Waals surface area (Å²) in [6, 6.07) is 14.0. The molecule has 23 heavy (non-hydrogen) atoms. The summed E-state index contributed by atoms with van der Waals surface area (Å²) in [6.07, 6.45) is 1.04. The molecule has 0 spiro atoms. The average Bonchev–Trinajstić information content (AvgIpc) is 2.56. The fourth-order valence-electron chi connectivity index (χ4n) is 1.80. The SMILES string of the molecule is C=CCOc1ccc(NC(=O)[C@H](C)Oc2ccc(Cl)cc2)cc1. The first kappa shape index (κ1) is 16.9. The van der Waals surface area contributed by atoms with Gasteiger partial charge in [0.15, 0.2) is 6.10 Å². The van der Waals surface area contributed by atoms with Crippen LogP contribution in [-0.4, -0.2) is 18.6 Å². The number of nitrogens with one attached hydrogen (secondary N) is 1. The van der Waals surface area contributed by atoms with E-state index in [4.69, 9.17) is 21.1 Å². The van der Waals surface area contributed by atoms with Gasteiger partial charge in [-0.05, 0) is 55.5 Å². The lowest BCUT2D eigenvalue weighted by atomic mass is 10.2. The Kier molecular flexibility index (Phi) is 6.06. The molecule has 2 rings (SSSR count). The summed E-state index contributed by atoms with van der Waals surface area (Å²) >= 11 is 5.81. The quantitative estimate of drug-likeness (QED) is 0.769. The highest BCUT2D eigenvalue weighted by atomic mass is 35.5. The Labute approximate surface area is 140 Å². The van der Waals surface area contributed by atoms with Crippen LogP contribution in [0, 0.1) is 0 Å². The first-order valence-electron chi connectivity index (χ1n) is 7.15. The molecule has 2 aromatic carbocycles. The Morgan fingerprint density at radius 3 is 2.39 bits per heavy atom. The van der Waals surface area contributed by atoms with Gasteiger partial charge >= 0.3 is 0 Å². The number of benzene rings is 2. The summed E-state index contributed by atoms with van der Waals surface area (Å²) in [4.78, 5) is 12.1. The molecule has 4 nitrogen and oxygen atoms in total. The van der Waals surface area contributed by atoms with Gasteiger partial charge in [0, 0.05) is 10.7 Å². The van der Waals surface area contributed by atoms with Crippen molar-refractivity contribution in [3.8, 4) is 11.5 Å². The second-order valence-electron chi connectivity index (χ2n) is 4.83. The second kappa shape index (κ2) is 8.25. The number of halogens is 1. The number of carbonyl (C=O) groups is 1. The molecule has 2 aromatic rings. The van der Waals surface area contributed by atoms with Crippen molar-refractivity contribution in [2.75, 3.05) is 11.9 Å². The van der Waals surface area contributed by atoms with Crippen molar-refractivity contribution in [1.82, 2.24) is 0 Å². The average molecular weight is 332 g/mol. The summed E-state index contributed by atoms with van der Waals surface area (Å²) in [7, 11) is 0. The van der Waals surface area contributed by atoms with E-state index in [2.05, 4.69) is 11.9 Å². The predicted molar refractivity (Wildman–Crippen MR) is 92.3 cm³/mol. The van der Waals surface area contributed by atoms with Gasteiger partial charge in [0.25, 0.3) is 5.91 Å². The van der Waals surface area contributed by atoms with E-state index in [1.165, 1.54) is 0 Å². The van der Waals surface area contributed by atoms with Crippen molar-refractivity contribution in [3.05, 3.63) is 66.2 Å². The van der Waals surface area contributed by atoms with Crippen LogP contribution in [0.25, 0.3) is 0 Å². The Bertz CT molecular complexity index is 653. The van der Waals surface area contributed by atoms with Crippen LogP contribution in [0.3, 0.4) is 0 Å². The molecule has 0 aromatic heterocycles. The van der Waals surface area contributed by atoms with E-state index in [9.17, 15) is 4.79 Å². The van der Waals surface area contributed by atoms with Gasteiger partial charge in [-0.1, -0.05) is 24.3 Å². The summed E-state index contributed by atoms with van der Waals surface area (Å²) in [5.41, 5.74) is 0.674. The van der Waals surface area contributed by atoms with E-state index in [1.807, 2.05) is 0 Å². The highest BCUT2D eigenvalue weighted by Crippen LogP contribution is 2.18. The molecule has 0 aliphatic heterocycles. The molecule has 0 heterocycles. The molecule has 0 aliphatic carbocycles. The summed E-state index contributed by atoms with van der Waals surface area (Å²) in [6.45, 7) is 5.72. The number of amides is 1. The van der Waals surface area contributed by atoms with E-state index in [-0.39, 0.29) is 5.91 Å². The molecule has 120 valence electrons. The number of rotatable bonds is 7. The molecule has 0 radical (unpaired) electrons. The molecule has 0 unspecified atom stereocenters. The zero-order valence-electron chi connectivity index (χ0n) is 12.8. The second-order valence-corrected chi connectivity index (χ2v) is 5.26. The highest BCUT2D eigenvalue weighted by Gasteiger charge is 2.14. The van der Waals surface area contributed by atoms with Gasteiger partial charge < -0.3 is 14.8 Å². The number of hydrogen-bond donors (Lipinski definition) is 1. The maximum Gasteiger partial charge on any atom is 0.265 e. The molecule has 0 saturated carbocycles. The van der Waals surface area contributed by atoms with Crippen LogP contribution in [0.1, 0.15) is 6.92 Å². The van der Waals surface area contributed by atoms with Crippen molar-refractivity contribution in [3.63, 3.8) is 0 Å². The first-order chi connectivity index (χ1) is 11.1. The third-order valence-electron chi connectivity index (χ3n) is 2.99. The van der Waals surface area contributed by atoms with Crippen molar-refractivity contribution >= 4 is 23.2 Å². The van der Waals surface area contributed by atoms with E-state index < -0.39 is 6.10 Å². The van der Waals surface area contributed by atoms with Gasteiger partial charge in [0.05, 0.1) is 0 Å². The number of ether oxygens (including phenoxy) is 2. The van der Waals surface area contributed by atoms with Crippen LogP contribution < -0.4 is 14.8 Å². The molecule has 5 heteroatoms. The molecule has 0 saturated heterocycles. The minimum Gasteiger partial charge on any atom is -0.490 e. The topological polar surface area (TPSA) is 47.6 Å². The van der Waals surface area contributed by atoms with E-state index in [0.29, 0.717) is 28.8 Å². The molecular formula is C18H18ClNO3. The first-order valence-corrected chi connectivity index (χ1v) is 7.53. The standard InChI is InChI=1S/C18H18ClNO3/c1-3-12-22-16-10-6-15(7-11-16)20-18(21)13(2)23-17-8-4-14(19)5-9-17/h3-11,13H,1,12H2,2H3,(H,20,21)/t13-/m0/s1. The van der Waals surface area contributed by atoms with Gasteiger partial charge in [0.1, 0.15) is 18.1 Å². The maximum atomic E-state index is 12.1. The van der Waals surface area contributed by atoms with Crippen LogP contribution in [-0.2, 0) is 4.79 Å². The third kappa shape index (κ3) is 5.34. The van der Waals surface area contributed by atoms with Crippen molar-refractivity contribution in [2.45, 2.75) is 13.0 Å². The van der Waals surface area contributed by atoms with E-state index in [0.717, 1.165) is 0 Å². The maximum absolute atomic E-state index is 12.1. The lowest BCUT2D eigenvalue weighted by molar-refractivity contribution is -0.122. The van der Waals surface area contributed by atoms with Crippen molar-refractivity contribution in [1.29, 1.82) is 0 Å². The summed E-state index contributed by atoms with van der Waals surface area (Å²) < 4.78 is 11.0. The highest BCUT2D eigenvalue weighted by molar-refractivity contribution is 6.30. The van der Waals surface area contributed by atoms with Crippen molar-refractivity contribution in [2.24, 2.45) is 0 Å². The number of anilines is 1. The van der Waals surface area contributed by atoms with Gasteiger partial charge in [-0.3, -0.25) is 4.79 Å². The Morgan fingerprint density at radius 2 is 1.78 bits per heavy atom. The largest absolute Gasteiger partial charge is 0.490 e. The van der Waals surface area contributed by atoms with Gasteiger partial charge in [-0.2, -0.15) is 0 Å². The molecule has 1 N–H and O–H groups in total. The van der Waals surface area contributed by atoms with Crippen LogP contribution in [0.5, 0.6) is 11.5 Å². The van der Waals surface area contributed by atoms with Gasteiger partial charge in [-0.25, -0.2) is 0 Å². The Balaban J connectivity index is 1.89. The zero-order valence-corrected chi connectivity index (χ0v) is 13.5. The molecule has 1 amide bonds. The van der Waals surface area contributed by atoms with Crippen LogP contribution in [0.4, 0.5) is 5.69 Å². The molecule has 0 bridgehead atoms. The van der Waals surface area contributed by atoms with E-state index >= 15 is 0 Å². The molecular weight excluding hydrogens is 314 g/mol. The lowest BCUT2D eigenvalue weighted by Crippen LogP contribution is -2.30. The van der Waals surface area contributed by atoms with Gasteiger partial charge in [-0.15, -0.1) is 0 Å². The normalized spacial score (nSPS) is 11.4.